The topological polar surface area (TPSA) is 64.3 Å². The van der Waals surface area contributed by atoms with E-state index in [2.05, 4.69) is 17.4 Å². The van der Waals surface area contributed by atoms with E-state index in [0.717, 1.165) is 37.9 Å². The smallest absolute Gasteiger partial charge is 0.223 e. The van der Waals surface area contributed by atoms with Crippen molar-refractivity contribution in [1.82, 2.24) is 5.32 Å². The molecule has 3 aliphatic carbocycles. The third kappa shape index (κ3) is 3.72. The summed E-state index contributed by atoms with van der Waals surface area (Å²) in [4.78, 5) is 13.0. The van der Waals surface area contributed by atoms with Crippen molar-refractivity contribution < 1.29 is 9.53 Å². The summed E-state index contributed by atoms with van der Waals surface area (Å²) in [6, 6.07) is 6.73. The SMILES string of the molecule is COc1ccc2c(c1)CCCC2NC(=O)C1CC2CCCC(C1)C2N.Cl. The van der Waals surface area contributed by atoms with E-state index in [1.165, 1.54) is 30.4 Å². The average Bonchev–Trinajstić information content (AvgIpc) is 2.61. The van der Waals surface area contributed by atoms with Crippen molar-refractivity contribution in [3.05, 3.63) is 29.3 Å². The Bertz CT molecular complexity index is 637. The van der Waals surface area contributed by atoms with Gasteiger partial charge >= 0.3 is 0 Å². The predicted octanol–water partition coefficient (Wildman–Crippen LogP) is 3.76. The summed E-state index contributed by atoms with van der Waals surface area (Å²) in [6.07, 6.45) is 8.87. The van der Waals surface area contributed by atoms with Crippen LogP contribution in [0.25, 0.3) is 0 Å². The molecule has 3 unspecified atom stereocenters. The Labute approximate surface area is 162 Å². The van der Waals surface area contributed by atoms with Crippen LogP contribution in [-0.4, -0.2) is 19.1 Å². The van der Waals surface area contributed by atoms with E-state index in [-0.39, 0.29) is 30.3 Å². The van der Waals surface area contributed by atoms with Gasteiger partial charge in [0.15, 0.2) is 0 Å². The van der Waals surface area contributed by atoms with Crippen LogP contribution in [0.4, 0.5) is 0 Å². The molecule has 0 heterocycles. The normalized spacial score (nSPS) is 32.8. The standard InChI is InChI=1S/C21H30N2O2.ClH/c1-25-17-8-9-18-13(12-17)4-3-7-19(18)23-21(24)16-10-14-5-2-6-15(11-16)20(14)22;/h8-9,12,14-16,19-20H,2-7,10-11,22H2,1H3,(H,23,24);1H. The maximum absolute atomic E-state index is 13.0. The molecule has 3 aliphatic rings. The molecule has 0 aliphatic heterocycles. The van der Waals surface area contributed by atoms with Crippen LogP contribution in [0, 0.1) is 17.8 Å². The van der Waals surface area contributed by atoms with Gasteiger partial charge in [-0.3, -0.25) is 4.79 Å². The Morgan fingerprint density at radius 2 is 1.88 bits per heavy atom. The predicted molar refractivity (Wildman–Crippen MR) is 106 cm³/mol. The van der Waals surface area contributed by atoms with Gasteiger partial charge < -0.3 is 15.8 Å². The van der Waals surface area contributed by atoms with Crippen molar-refractivity contribution in [1.29, 1.82) is 0 Å². The monoisotopic (exact) mass is 378 g/mol. The van der Waals surface area contributed by atoms with Crippen LogP contribution in [0.15, 0.2) is 18.2 Å². The Morgan fingerprint density at radius 1 is 1.15 bits per heavy atom. The Morgan fingerprint density at radius 3 is 2.58 bits per heavy atom. The molecule has 3 atom stereocenters. The molecule has 0 aromatic heterocycles. The molecule has 0 radical (unpaired) electrons. The van der Waals surface area contributed by atoms with Crippen LogP contribution in [-0.2, 0) is 11.2 Å². The summed E-state index contributed by atoms with van der Waals surface area (Å²) in [5.41, 5.74) is 8.97. The highest BCUT2D eigenvalue weighted by Crippen LogP contribution is 2.42. The number of benzene rings is 1. The summed E-state index contributed by atoms with van der Waals surface area (Å²) < 4.78 is 5.34. The van der Waals surface area contributed by atoms with E-state index in [1.807, 2.05) is 6.07 Å². The van der Waals surface area contributed by atoms with Gasteiger partial charge in [-0.2, -0.15) is 0 Å². The summed E-state index contributed by atoms with van der Waals surface area (Å²) in [7, 11) is 1.70. The van der Waals surface area contributed by atoms with Crippen LogP contribution in [0.3, 0.4) is 0 Å². The second-order valence-corrected chi connectivity index (χ2v) is 8.21. The minimum absolute atomic E-state index is 0. The largest absolute Gasteiger partial charge is 0.497 e. The van der Waals surface area contributed by atoms with Crippen LogP contribution in [0.5, 0.6) is 5.75 Å². The number of hydrogen-bond donors (Lipinski definition) is 2. The molecule has 1 aromatic carbocycles. The van der Waals surface area contributed by atoms with Crippen LogP contribution < -0.4 is 15.8 Å². The van der Waals surface area contributed by atoms with Gasteiger partial charge in [0, 0.05) is 12.0 Å². The van der Waals surface area contributed by atoms with E-state index in [1.54, 1.807) is 7.11 Å². The van der Waals surface area contributed by atoms with E-state index in [4.69, 9.17) is 10.5 Å². The van der Waals surface area contributed by atoms with Crippen LogP contribution >= 0.6 is 12.4 Å². The lowest BCUT2D eigenvalue weighted by Gasteiger charge is -2.44. The number of carbonyl (C=O) groups excluding carboxylic acids is 1. The number of carbonyl (C=O) groups is 1. The first kappa shape index (κ1) is 19.5. The molecule has 4 rings (SSSR count). The van der Waals surface area contributed by atoms with Crippen molar-refractivity contribution in [3.8, 4) is 5.75 Å². The fourth-order valence-electron chi connectivity index (χ4n) is 5.36. The molecule has 5 heteroatoms. The molecule has 4 nitrogen and oxygen atoms in total. The zero-order valence-electron chi connectivity index (χ0n) is 15.6. The lowest BCUT2D eigenvalue weighted by Crippen LogP contribution is -2.49. The molecule has 0 saturated heterocycles. The maximum Gasteiger partial charge on any atom is 0.223 e. The van der Waals surface area contributed by atoms with Gasteiger partial charge in [0.2, 0.25) is 5.91 Å². The lowest BCUT2D eigenvalue weighted by molar-refractivity contribution is -0.128. The molecular formula is C21H31ClN2O2. The second-order valence-electron chi connectivity index (χ2n) is 8.21. The van der Waals surface area contributed by atoms with Gasteiger partial charge in [0.05, 0.1) is 13.2 Å². The third-order valence-corrected chi connectivity index (χ3v) is 6.76. The number of nitrogens with two attached hydrogens (primary N) is 1. The minimum Gasteiger partial charge on any atom is -0.497 e. The number of ether oxygens (including phenoxy) is 1. The zero-order chi connectivity index (χ0) is 17.4. The van der Waals surface area contributed by atoms with Gasteiger partial charge in [-0.25, -0.2) is 0 Å². The average molecular weight is 379 g/mol. The first-order valence-corrected chi connectivity index (χ1v) is 9.88. The fourth-order valence-corrected chi connectivity index (χ4v) is 5.36. The number of aryl methyl sites for hydroxylation is 1. The fraction of sp³-hybridized carbons (Fsp3) is 0.667. The molecule has 2 fully saturated rings. The maximum atomic E-state index is 13.0. The third-order valence-electron chi connectivity index (χ3n) is 6.76. The number of nitrogens with one attached hydrogen (secondary N) is 1. The molecule has 1 aromatic rings. The van der Waals surface area contributed by atoms with E-state index in [0.29, 0.717) is 17.9 Å². The number of amides is 1. The first-order chi connectivity index (χ1) is 12.2. The second kappa shape index (κ2) is 8.18. The van der Waals surface area contributed by atoms with E-state index < -0.39 is 0 Å². The highest BCUT2D eigenvalue weighted by Gasteiger charge is 2.41. The van der Waals surface area contributed by atoms with Crippen LogP contribution in [0.2, 0.25) is 0 Å². The molecule has 0 spiro atoms. The van der Waals surface area contributed by atoms with Crippen molar-refractivity contribution in [2.75, 3.05) is 7.11 Å². The molecule has 2 bridgehead atoms. The quantitative estimate of drug-likeness (QED) is 0.841. The molecule has 1 amide bonds. The van der Waals surface area contributed by atoms with Crippen LogP contribution in [0.1, 0.15) is 62.1 Å². The van der Waals surface area contributed by atoms with Gasteiger partial charge in [-0.05, 0) is 80.0 Å². The first-order valence-electron chi connectivity index (χ1n) is 9.88. The van der Waals surface area contributed by atoms with Gasteiger partial charge in [0.25, 0.3) is 0 Å². The van der Waals surface area contributed by atoms with Crippen molar-refractivity contribution in [2.45, 2.75) is 63.5 Å². The Hall–Kier alpha value is -1.26. The molecule has 26 heavy (non-hydrogen) atoms. The number of rotatable bonds is 3. The Kier molecular flexibility index (Phi) is 6.13. The van der Waals surface area contributed by atoms with Crippen molar-refractivity contribution in [2.24, 2.45) is 23.5 Å². The number of halogens is 1. The number of methoxy groups -OCH3 is 1. The van der Waals surface area contributed by atoms with Crippen molar-refractivity contribution in [3.63, 3.8) is 0 Å². The van der Waals surface area contributed by atoms with Gasteiger partial charge in [-0.1, -0.05) is 12.5 Å². The summed E-state index contributed by atoms with van der Waals surface area (Å²) in [5.74, 6) is 2.40. The molecule has 3 N–H and O–H groups in total. The zero-order valence-corrected chi connectivity index (χ0v) is 16.4. The van der Waals surface area contributed by atoms with E-state index in [9.17, 15) is 4.79 Å². The highest BCUT2D eigenvalue weighted by atomic mass is 35.5. The van der Waals surface area contributed by atoms with E-state index >= 15 is 0 Å². The molecule has 2 saturated carbocycles. The summed E-state index contributed by atoms with van der Waals surface area (Å²) in [5, 5.41) is 3.37. The Balaban J connectivity index is 0.00000196. The minimum atomic E-state index is 0. The molecule has 144 valence electrons. The van der Waals surface area contributed by atoms with Gasteiger partial charge in [0.1, 0.15) is 5.75 Å². The lowest BCUT2D eigenvalue weighted by atomic mass is 9.65. The number of fused-ring (bicyclic) bond motifs is 3. The summed E-state index contributed by atoms with van der Waals surface area (Å²) >= 11 is 0. The van der Waals surface area contributed by atoms with Gasteiger partial charge in [-0.15, -0.1) is 12.4 Å². The highest BCUT2D eigenvalue weighted by molar-refractivity contribution is 5.85. The number of hydrogen-bond acceptors (Lipinski definition) is 3. The van der Waals surface area contributed by atoms with Crippen molar-refractivity contribution >= 4 is 18.3 Å². The molecular weight excluding hydrogens is 348 g/mol. The summed E-state index contributed by atoms with van der Waals surface area (Å²) in [6.45, 7) is 0.